The maximum absolute atomic E-state index is 12.1. The lowest BCUT2D eigenvalue weighted by atomic mass is 10.2. The third-order valence-corrected chi connectivity index (χ3v) is 4.13. The highest BCUT2D eigenvalue weighted by molar-refractivity contribution is 5.92. The summed E-state index contributed by atoms with van der Waals surface area (Å²) < 4.78 is 0. The number of rotatable bonds is 6. The van der Waals surface area contributed by atoms with Crippen molar-refractivity contribution in [3.8, 4) is 0 Å². The highest BCUT2D eigenvalue weighted by Gasteiger charge is 2.27. The van der Waals surface area contributed by atoms with Gasteiger partial charge in [-0.1, -0.05) is 0 Å². The van der Waals surface area contributed by atoms with Crippen molar-refractivity contribution in [3.05, 3.63) is 42.9 Å². The number of aromatic nitrogens is 3. The molecule has 0 unspecified atom stereocenters. The van der Waals surface area contributed by atoms with E-state index in [1.165, 1.54) is 0 Å². The highest BCUT2D eigenvalue weighted by atomic mass is 16.2. The first-order chi connectivity index (χ1) is 11.7. The fourth-order valence-electron chi connectivity index (χ4n) is 3.08. The van der Waals surface area contributed by atoms with Crippen molar-refractivity contribution in [2.24, 2.45) is 0 Å². The van der Waals surface area contributed by atoms with E-state index in [2.05, 4.69) is 30.3 Å². The molecule has 1 amide bonds. The predicted octanol–water partition coefficient (Wildman–Crippen LogP) is 1.41. The molecule has 0 bridgehead atoms. The molecule has 1 N–H and O–H groups in total. The summed E-state index contributed by atoms with van der Waals surface area (Å²) in [5.41, 5.74) is 0.769. The van der Waals surface area contributed by atoms with Crippen molar-refractivity contribution in [2.75, 3.05) is 36.9 Å². The average Bonchev–Trinajstić information content (AvgIpc) is 3.04. The van der Waals surface area contributed by atoms with E-state index in [1.54, 1.807) is 30.7 Å². The van der Waals surface area contributed by atoms with Gasteiger partial charge in [0.2, 0.25) is 5.91 Å². The minimum absolute atomic E-state index is 0.0206. The fourth-order valence-corrected chi connectivity index (χ4v) is 3.08. The molecule has 0 aliphatic carbocycles. The third kappa shape index (κ3) is 4.26. The quantitative estimate of drug-likeness (QED) is 0.865. The Morgan fingerprint density at radius 1 is 1.33 bits per heavy atom. The first-order valence-electron chi connectivity index (χ1n) is 8.15. The van der Waals surface area contributed by atoms with Crippen LogP contribution in [0.25, 0.3) is 0 Å². The standard InChI is InChI=1S/C17H22N6O/c1-22(13-17(24)20-14-6-9-18-10-7-14)12-15-4-3-11-23(15)16-5-2-8-19-21-16/h2,5-10,15H,3-4,11-13H2,1H3,(H,18,20,24)/t15-/m0/s1. The van der Waals surface area contributed by atoms with E-state index in [0.717, 1.165) is 37.4 Å². The second-order valence-corrected chi connectivity index (χ2v) is 6.05. The van der Waals surface area contributed by atoms with Crippen LogP contribution in [-0.4, -0.2) is 58.7 Å². The Morgan fingerprint density at radius 2 is 2.17 bits per heavy atom. The van der Waals surface area contributed by atoms with Crippen molar-refractivity contribution < 1.29 is 4.79 Å². The van der Waals surface area contributed by atoms with Gasteiger partial charge in [0.1, 0.15) is 0 Å². The van der Waals surface area contributed by atoms with E-state index < -0.39 is 0 Å². The van der Waals surface area contributed by atoms with Gasteiger partial charge in [-0.2, -0.15) is 5.10 Å². The molecule has 24 heavy (non-hydrogen) atoms. The van der Waals surface area contributed by atoms with Crippen molar-refractivity contribution in [1.82, 2.24) is 20.1 Å². The molecular formula is C17H22N6O. The van der Waals surface area contributed by atoms with Crippen LogP contribution in [0.2, 0.25) is 0 Å². The Balaban J connectivity index is 1.52. The average molecular weight is 326 g/mol. The lowest BCUT2D eigenvalue weighted by molar-refractivity contribution is -0.117. The predicted molar refractivity (Wildman–Crippen MR) is 92.8 cm³/mol. The molecule has 1 atom stereocenters. The SMILES string of the molecule is CN(CC(=O)Nc1ccncc1)C[C@@H]1CCCN1c1cccnn1. The molecular weight excluding hydrogens is 304 g/mol. The first kappa shape index (κ1) is 16.3. The van der Waals surface area contributed by atoms with Gasteiger partial charge in [0.15, 0.2) is 5.82 Å². The van der Waals surface area contributed by atoms with E-state index in [-0.39, 0.29) is 5.91 Å². The van der Waals surface area contributed by atoms with Crippen LogP contribution < -0.4 is 10.2 Å². The normalized spacial score (nSPS) is 17.2. The molecule has 7 heteroatoms. The number of likely N-dealkylation sites (N-methyl/N-ethyl adjacent to an activating group) is 1. The number of carbonyl (C=O) groups is 1. The van der Waals surface area contributed by atoms with Gasteiger partial charge in [-0.15, -0.1) is 5.10 Å². The smallest absolute Gasteiger partial charge is 0.238 e. The summed E-state index contributed by atoms with van der Waals surface area (Å²) in [5.74, 6) is 0.891. The Bertz CT molecular complexity index is 651. The van der Waals surface area contributed by atoms with Gasteiger partial charge < -0.3 is 10.2 Å². The van der Waals surface area contributed by atoms with E-state index in [0.29, 0.717) is 12.6 Å². The number of hydrogen-bond donors (Lipinski definition) is 1. The van der Waals surface area contributed by atoms with Gasteiger partial charge in [0.05, 0.1) is 6.54 Å². The molecule has 0 saturated carbocycles. The maximum Gasteiger partial charge on any atom is 0.238 e. The number of hydrogen-bond acceptors (Lipinski definition) is 6. The topological polar surface area (TPSA) is 74.2 Å². The van der Waals surface area contributed by atoms with Gasteiger partial charge >= 0.3 is 0 Å². The van der Waals surface area contributed by atoms with Crippen LogP contribution in [0.5, 0.6) is 0 Å². The molecule has 1 aliphatic heterocycles. The van der Waals surface area contributed by atoms with Crippen molar-refractivity contribution in [1.29, 1.82) is 0 Å². The van der Waals surface area contributed by atoms with E-state index in [4.69, 9.17) is 0 Å². The van der Waals surface area contributed by atoms with E-state index >= 15 is 0 Å². The molecule has 1 fully saturated rings. The molecule has 0 radical (unpaired) electrons. The summed E-state index contributed by atoms with van der Waals surface area (Å²) in [6.07, 6.45) is 7.25. The number of nitrogens with zero attached hydrogens (tertiary/aromatic N) is 5. The monoisotopic (exact) mass is 326 g/mol. The molecule has 0 aromatic carbocycles. The zero-order chi connectivity index (χ0) is 16.8. The zero-order valence-corrected chi connectivity index (χ0v) is 13.8. The van der Waals surface area contributed by atoms with Crippen molar-refractivity contribution in [3.63, 3.8) is 0 Å². The molecule has 126 valence electrons. The third-order valence-electron chi connectivity index (χ3n) is 4.13. The van der Waals surface area contributed by atoms with Crippen LogP contribution >= 0.6 is 0 Å². The minimum Gasteiger partial charge on any atom is -0.351 e. The van der Waals surface area contributed by atoms with Gasteiger partial charge in [-0.25, -0.2) is 0 Å². The highest BCUT2D eigenvalue weighted by Crippen LogP contribution is 2.23. The van der Waals surface area contributed by atoms with Crippen molar-refractivity contribution >= 4 is 17.4 Å². The molecule has 2 aromatic rings. The zero-order valence-electron chi connectivity index (χ0n) is 13.8. The van der Waals surface area contributed by atoms with Gasteiger partial charge in [0.25, 0.3) is 0 Å². The first-order valence-corrected chi connectivity index (χ1v) is 8.15. The van der Waals surface area contributed by atoms with Gasteiger partial charge in [-0.3, -0.25) is 14.7 Å². The summed E-state index contributed by atoms with van der Waals surface area (Å²) in [5, 5.41) is 11.1. The lowest BCUT2D eigenvalue weighted by Crippen LogP contribution is -2.42. The van der Waals surface area contributed by atoms with Gasteiger partial charge in [-0.05, 0) is 44.2 Å². The fraction of sp³-hybridized carbons (Fsp3) is 0.412. The summed E-state index contributed by atoms with van der Waals surface area (Å²) in [6.45, 7) is 2.16. The number of amides is 1. The van der Waals surface area contributed by atoms with Crippen LogP contribution in [0.1, 0.15) is 12.8 Å². The van der Waals surface area contributed by atoms with Crippen LogP contribution in [-0.2, 0) is 4.79 Å². The maximum atomic E-state index is 12.1. The van der Waals surface area contributed by atoms with E-state index in [1.807, 2.05) is 19.2 Å². The molecule has 1 saturated heterocycles. The Morgan fingerprint density at radius 3 is 2.92 bits per heavy atom. The van der Waals surface area contributed by atoms with Crippen LogP contribution in [0, 0.1) is 0 Å². The van der Waals surface area contributed by atoms with Gasteiger partial charge in [0, 0.05) is 43.4 Å². The van der Waals surface area contributed by atoms with E-state index in [9.17, 15) is 4.79 Å². The number of nitrogens with one attached hydrogen (secondary N) is 1. The second-order valence-electron chi connectivity index (χ2n) is 6.05. The van der Waals surface area contributed by atoms with Crippen LogP contribution in [0.15, 0.2) is 42.9 Å². The lowest BCUT2D eigenvalue weighted by Gasteiger charge is -2.28. The summed E-state index contributed by atoms with van der Waals surface area (Å²) in [4.78, 5) is 20.4. The molecule has 3 rings (SSSR count). The molecule has 2 aromatic heterocycles. The van der Waals surface area contributed by atoms with Crippen LogP contribution in [0.3, 0.4) is 0 Å². The van der Waals surface area contributed by atoms with Crippen LogP contribution in [0.4, 0.5) is 11.5 Å². The molecule has 7 nitrogen and oxygen atoms in total. The molecule has 3 heterocycles. The molecule has 0 spiro atoms. The number of carbonyl (C=O) groups excluding carboxylic acids is 1. The summed E-state index contributed by atoms with van der Waals surface area (Å²) >= 11 is 0. The Labute approximate surface area is 141 Å². The largest absolute Gasteiger partial charge is 0.351 e. The minimum atomic E-state index is -0.0206. The number of pyridine rings is 1. The summed E-state index contributed by atoms with van der Waals surface area (Å²) in [6, 6.07) is 7.82. The second kappa shape index (κ2) is 7.83. The number of anilines is 2. The Hall–Kier alpha value is -2.54. The van der Waals surface area contributed by atoms with Crippen molar-refractivity contribution in [2.45, 2.75) is 18.9 Å². The molecule has 1 aliphatic rings. The summed E-state index contributed by atoms with van der Waals surface area (Å²) in [7, 11) is 1.97. The Kier molecular flexibility index (Phi) is 5.32.